The van der Waals surface area contributed by atoms with E-state index >= 15 is 0 Å². The summed E-state index contributed by atoms with van der Waals surface area (Å²) in [5, 5.41) is 3.48. The van der Waals surface area contributed by atoms with Gasteiger partial charge < -0.3 is 10.1 Å². The zero-order valence-corrected chi connectivity index (χ0v) is 15.2. The van der Waals surface area contributed by atoms with Gasteiger partial charge in [-0.3, -0.25) is 4.90 Å². The number of halogens is 2. The van der Waals surface area contributed by atoms with Gasteiger partial charge in [-0.2, -0.15) is 0 Å². The first-order valence-electron chi connectivity index (χ1n) is 8.07. The number of likely N-dealkylation sites (tertiary alicyclic amines) is 1. The highest BCUT2D eigenvalue weighted by Gasteiger charge is 2.19. The van der Waals surface area contributed by atoms with Crippen molar-refractivity contribution >= 4 is 21.7 Å². The van der Waals surface area contributed by atoms with E-state index in [0.29, 0.717) is 11.8 Å². The molecule has 0 atom stereocenters. The molecule has 1 fully saturated rings. The molecule has 1 aromatic heterocycles. The van der Waals surface area contributed by atoms with Crippen molar-refractivity contribution in [2.45, 2.75) is 25.4 Å². The fraction of sp³-hybridized carbons (Fsp3) is 0.389. The summed E-state index contributed by atoms with van der Waals surface area (Å²) in [6.07, 6.45) is 3.91. The van der Waals surface area contributed by atoms with Gasteiger partial charge in [0.2, 0.25) is 0 Å². The van der Waals surface area contributed by atoms with E-state index in [1.165, 1.54) is 7.11 Å². The number of methoxy groups -OCH3 is 1. The van der Waals surface area contributed by atoms with Crippen molar-refractivity contribution in [2.24, 2.45) is 0 Å². The summed E-state index contributed by atoms with van der Waals surface area (Å²) in [6, 6.07) is 9.59. The average molecular weight is 394 g/mol. The minimum Gasteiger partial charge on any atom is -0.494 e. The number of benzene rings is 1. The third-order valence-electron chi connectivity index (χ3n) is 4.29. The summed E-state index contributed by atoms with van der Waals surface area (Å²) in [6.45, 7) is 2.74. The second-order valence-corrected chi connectivity index (χ2v) is 6.94. The van der Waals surface area contributed by atoms with E-state index in [1.807, 2.05) is 18.2 Å². The zero-order chi connectivity index (χ0) is 16.9. The van der Waals surface area contributed by atoms with Crippen LogP contribution in [-0.4, -0.2) is 36.1 Å². The number of nitrogens with one attached hydrogen (secondary N) is 1. The number of rotatable bonds is 5. The lowest BCUT2D eigenvalue weighted by atomic mass is 10.0. The minimum absolute atomic E-state index is 0.295. The topological polar surface area (TPSA) is 37.4 Å². The smallest absolute Gasteiger partial charge is 0.165 e. The Hall–Kier alpha value is -1.66. The molecule has 0 spiro atoms. The van der Waals surface area contributed by atoms with Gasteiger partial charge in [0.1, 0.15) is 5.82 Å². The Bertz CT molecular complexity index is 672. The molecule has 1 aliphatic heterocycles. The maximum Gasteiger partial charge on any atom is 0.165 e. The average Bonchev–Trinajstić information content (AvgIpc) is 2.59. The summed E-state index contributed by atoms with van der Waals surface area (Å²) >= 11 is 3.39. The van der Waals surface area contributed by atoms with E-state index in [0.717, 1.165) is 48.3 Å². The maximum absolute atomic E-state index is 13.8. The molecular weight excluding hydrogens is 373 g/mol. The van der Waals surface area contributed by atoms with Crippen molar-refractivity contribution in [3.63, 3.8) is 0 Å². The van der Waals surface area contributed by atoms with Crippen LogP contribution >= 0.6 is 15.9 Å². The SMILES string of the molecule is COc1ccc(CN2CCC(Nc3ccc(Br)cn3)CC2)cc1F. The standard InChI is InChI=1S/C18H21BrFN3O/c1-24-17-4-2-13(10-16(17)20)12-23-8-6-15(7-9-23)22-18-5-3-14(19)11-21-18/h2-5,10-11,15H,6-9,12H2,1H3,(H,21,22). The van der Waals surface area contributed by atoms with Gasteiger partial charge in [-0.15, -0.1) is 0 Å². The molecule has 1 aliphatic rings. The maximum atomic E-state index is 13.8. The Morgan fingerprint density at radius 2 is 2.08 bits per heavy atom. The molecule has 3 rings (SSSR count). The van der Waals surface area contributed by atoms with E-state index in [2.05, 4.69) is 31.1 Å². The second kappa shape index (κ2) is 7.94. The first-order valence-corrected chi connectivity index (χ1v) is 8.86. The number of piperidine rings is 1. The Morgan fingerprint density at radius 1 is 1.29 bits per heavy atom. The number of anilines is 1. The molecule has 0 unspecified atom stereocenters. The summed E-state index contributed by atoms with van der Waals surface area (Å²) in [4.78, 5) is 6.72. The van der Waals surface area contributed by atoms with Gasteiger partial charge in [-0.25, -0.2) is 9.37 Å². The molecule has 2 aromatic rings. The van der Waals surface area contributed by atoms with Crippen molar-refractivity contribution < 1.29 is 9.13 Å². The van der Waals surface area contributed by atoms with Crippen LogP contribution in [0.4, 0.5) is 10.2 Å². The lowest BCUT2D eigenvalue weighted by Gasteiger charge is -2.32. The van der Waals surface area contributed by atoms with Crippen molar-refractivity contribution in [3.8, 4) is 5.75 Å². The Balaban J connectivity index is 1.50. The van der Waals surface area contributed by atoms with Gasteiger partial charge in [0.15, 0.2) is 11.6 Å². The third kappa shape index (κ3) is 4.45. The van der Waals surface area contributed by atoms with E-state index in [4.69, 9.17) is 4.74 Å². The lowest BCUT2D eigenvalue weighted by Crippen LogP contribution is -2.38. The summed E-state index contributed by atoms with van der Waals surface area (Å²) in [5.41, 5.74) is 0.981. The number of hydrogen-bond donors (Lipinski definition) is 1. The normalized spacial score (nSPS) is 16.1. The van der Waals surface area contributed by atoms with Gasteiger partial charge in [0, 0.05) is 36.3 Å². The predicted octanol–water partition coefficient (Wildman–Crippen LogP) is 4.07. The molecule has 4 nitrogen and oxygen atoms in total. The van der Waals surface area contributed by atoms with Crippen molar-refractivity contribution in [3.05, 3.63) is 52.4 Å². The van der Waals surface area contributed by atoms with Crippen LogP contribution in [0.15, 0.2) is 41.0 Å². The Morgan fingerprint density at radius 3 is 2.71 bits per heavy atom. The molecule has 1 saturated heterocycles. The highest BCUT2D eigenvalue weighted by atomic mass is 79.9. The molecule has 1 N–H and O–H groups in total. The van der Waals surface area contributed by atoms with E-state index in [1.54, 1.807) is 18.3 Å². The largest absolute Gasteiger partial charge is 0.494 e. The van der Waals surface area contributed by atoms with E-state index < -0.39 is 0 Å². The van der Waals surface area contributed by atoms with Crippen LogP contribution in [0.5, 0.6) is 5.75 Å². The monoisotopic (exact) mass is 393 g/mol. The molecule has 0 amide bonds. The molecule has 128 valence electrons. The van der Waals surface area contributed by atoms with Crippen LogP contribution in [-0.2, 0) is 6.54 Å². The predicted molar refractivity (Wildman–Crippen MR) is 96.8 cm³/mol. The molecule has 24 heavy (non-hydrogen) atoms. The zero-order valence-electron chi connectivity index (χ0n) is 13.6. The minimum atomic E-state index is -0.298. The molecule has 0 saturated carbocycles. The van der Waals surface area contributed by atoms with E-state index in [-0.39, 0.29) is 5.82 Å². The molecule has 2 heterocycles. The van der Waals surface area contributed by atoms with Gasteiger partial charge in [0.05, 0.1) is 7.11 Å². The fourth-order valence-electron chi connectivity index (χ4n) is 2.97. The lowest BCUT2D eigenvalue weighted by molar-refractivity contribution is 0.211. The van der Waals surface area contributed by atoms with Crippen LogP contribution in [0.1, 0.15) is 18.4 Å². The van der Waals surface area contributed by atoms with Gasteiger partial charge >= 0.3 is 0 Å². The van der Waals surface area contributed by atoms with Crippen LogP contribution in [0, 0.1) is 5.82 Å². The van der Waals surface area contributed by atoms with Gasteiger partial charge in [0.25, 0.3) is 0 Å². The van der Waals surface area contributed by atoms with Crippen LogP contribution in [0.2, 0.25) is 0 Å². The molecule has 0 bridgehead atoms. The molecule has 0 radical (unpaired) electrons. The highest BCUT2D eigenvalue weighted by molar-refractivity contribution is 9.10. The number of hydrogen-bond acceptors (Lipinski definition) is 4. The van der Waals surface area contributed by atoms with Crippen molar-refractivity contribution in [1.82, 2.24) is 9.88 Å². The number of ether oxygens (including phenoxy) is 1. The van der Waals surface area contributed by atoms with Gasteiger partial charge in [-0.05, 0) is 58.6 Å². The number of pyridine rings is 1. The van der Waals surface area contributed by atoms with Crippen LogP contribution < -0.4 is 10.1 Å². The first kappa shape index (κ1) is 17.2. The Kier molecular flexibility index (Phi) is 5.68. The number of aromatic nitrogens is 1. The van der Waals surface area contributed by atoms with E-state index in [9.17, 15) is 4.39 Å². The van der Waals surface area contributed by atoms with Crippen LogP contribution in [0.25, 0.3) is 0 Å². The number of nitrogens with zero attached hydrogens (tertiary/aromatic N) is 2. The highest BCUT2D eigenvalue weighted by Crippen LogP contribution is 2.21. The molecule has 1 aromatic carbocycles. The summed E-state index contributed by atoms with van der Waals surface area (Å²) in [7, 11) is 1.48. The Labute approximate surface area is 150 Å². The summed E-state index contributed by atoms with van der Waals surface area (Å²) < 4.78 is 19.7. The van der Waals surface area contributed by atoms with Crippen LogP contribution in [0.3, 0.4) is 0 Å². The first-order chi connectivity index (χ1) is 11.6. The summed E-state index contributed by atoms with van der Waals surface area (Å²) in [5.74, 6) is 0.908. The quantitative estimate of drug-likeness (QED) is 0.830. The molecular formula is C18H21BrFN3O. The third-order valence-corrected chi connectivity index (χ3v) is 4.76. The second-order valence-electron chi connectivity index (χ2n) is 6.03. The van der Waals surface area contributed by atoms with Crippen molar-refractivity contribution in [1.29, 1.82) is 0 Å². The molecule has 0 aliphatic carbocycles. The van der Waals surface area contributed by atoms with Gasteiger partial charge in [-0.1, -0.05) is 6.07 Å². The van der Waals surface area contributed by atoms with Crippen molar-refractivity contribution in [2.75, 3.05) is 25.5 Å². The molecule has 6 heteroatoms. The fourth-order valence-corrected chi connectivity index (χ4v) is 3.21.